The molecule has 4 aliphatic rings. The predicted molar refractivity (Wildman–Crippen MR) is 140 cm³/mol. The van der Waals surface area contributed by atoms with E-state index in [0.29, 0.717) is 22.5 Å². The van der Waals surface area contributed by atoms with Crippen molar-refractivity contribution in [1.82, 2.24) is 10.2 Å². The average molecular weight is 530 g/mol. The van der Waals surface area contributed by atoms with Crippen LogP contribution in [0.1, 0.15) is 38.7 Å². The van der Waals surface area contributed by atoms with Gasteiger partial charge in [-0.15, -0.1) is 0 Å². The van der Waals surface area contributed by atoms with Crippen LogP contribution in [-0.2, 0) is 23.9 Å². The number of nitrogens with one attached hydrogen (secondary N) is 2. The Bertz CT molecular complexity index is 1130. The van der Waals surface area contributed by atoms with Crippen molar-refractivity contribution in [2.45, 2.75) is 63.8 Å². The molecule has 3 fully saturated rings. The van der Waals surface area contributed by atoms with Crippen molar-refractivity contribution in [3.8, 4) is 0 Å². The zero-order valence-electron chi connectivity index (χ0n) is 21.8. The van der Waals surface area contributed by atoms with E-state index < -0.39 is 29.6 Å². The highest BCUT2D eigenvalue weighted by Gasteiger charge is 2.72. The number of carbonyl (C=O) groups excluding carboxylic acids is 3. The van der Waals surface area contributed by atoms with Crippen molar-refractivity contribution < 1.29 is 23.9 Å². The Morgan fingerprint density at radius 3 is 2.76 bits per heavy atom. The van der Waals surface area contributed by atoms with Gasteiger partial charge in [-0.25, -0.2) is 0 Å². The lowest BCUT2D eigenvalue weighted by Crippen LogP contribution is -2.58. The molecular formula is C28H36ClN3O5. The molecule has 1 aromatic carbocycles. The minimum Gasteiger partial charge on any atom is -0.383 e. The first kappa shape index (κ1) is 26.2. The van der Waals surface area contributed by atoms with Crippen molar-refractivity contribution in [3.05, 3.63) is 40.9 Å². The Morgan fingerprint density at radius 2 is 2.03 bits per heavy atom. The Hall–Kier alpha value is -2.42. The smallest absolute Gasteiger partial charge is 0.246 e. The quantitative estimate of drug-likeness (QED) is 0.528. The summed E-state index contributed by atoms with van der Waals surface area (Å²) >= 11 is 6.25. The lowest BCUT2D eigenvalue weighted by molar-refractivity contribution is -0.142. The summed E-state index contributed by atoms with van der Waals surface area (Å²) in [6.07, 6.45) is 6.19. The summed E-state index contributed by atoms with van der Waals surface area (Å²) in [6, 6.07) is 4.48. The molecule has 1 saturated carbocycles. The molecule has 1 spiro atoms. The Kier molecular flexibility index (Phi) is 7.11. The molecule has 5 rings (SSSR count). The fourth-order valence-corrected chi connectivity index (χ4v) is 6.82. The maximum absolute atomic E-state index is 13.9. The van der Waals surface area contributed by atoms with E-state index in [2.05, 4.69) is 24.5 Å². The van der Waals surface area contributed by atoms with Crippen molar-refractivity contribution in [2.24, 2.45) is 23.7 Å². The van der Waals surface area contributed by atoms with Gasteiger partial charge in [0, 0.05) is 30.4 Å². The predicted octanol–water partition coefficient (Wildman–Crippen LogP) is 3.32. The monoisotopic (exact) mass is 529 g/mol. The van der Waals surface area contributed by atoms with Gasteiger partial charge in [0.25, 0.3) is 0 Å². The van der Waals surface area contributed by atoms with Gasteiger partial charge < -0.3 is 25.0 Å². The molecule has 8 nitrogen and oxygen atoms in total. The molecule has 1 aromatic rings. The van der Waals surface area contributed by atoms with Crippen LogP contribution in [-0.4, -0.2) is 66.7 Å². The third-order valence-corrected chi connectivity index (χ3v) is 9.34. The van der Waals surface area contributed by atoms with E-state index in [0.717, 1.165) is 24.8 Å². The van der Waals surface area contributed by atoms with E-state index in [1.807, 2.05) is 25.1 Å². The number of anilines is 1. The van der Waals surface area contributed by atoms with Gasteiger partial charge in [0.2, 0.25) is 17.7 Å². The second-order valence-corrected chi connectivity index (χ2v) is 11.5. The first-order valence-corrected chi connectivity index (χ1v) is 13.6. The van der Waals surface area contributed by atoms with E-state index in [9.17, 15) is 14.4 Å². The highest BCUT2D eigenvalue weighted by atomic mass is 35.5. The number of methoxy groups -OCH3 is 1. The fraction of sp³-hybridized carbons (Fsp3) is 0.607. The molecule has 37 heavy (non-hydrogen) atoms. The van der Waals surface area contributed by atoms with Gasteiger partial charge in [-0.1, -0.05) is 56.5 Å². The first-order valence-electron chi connectivity index (χ1n) is 13.2. The number of hydrogen-bond acceptors (Lipinski definition) is 5. The van der Waals surface area contributed by atoms with Crippen LogP contribution >= 0.6 is 11.6 Å². The summed E-state index contributed by atoms with van der Waals surface area (Å²) in [5, 5.41) is 6.71. The zero-order valence-corrected chi connectivity index (χ0v) is 22.6. The summed E-state index contributed by atoms with van der Waals surface area (Å²) in [6.45, 7) is 6.80. The number of carbonyl (C=O) groups is 3. The van der Waals surface area contributed by atoms with Gasteiger partial charge in [-0.05, 0) is 42.9 Å². The van der Waals surface area contributed by atoms with Crippen LogP contribution < -0.4 is 10.6 Å². The number of halogens is 1. The van der Waals surface area contributed by atoms with Crippen LogP contribution in [0.3, 0.4) is 0 Å². The normalized spacial score (nSPS) is 36.1. The van der Waals surface area contributed by atoms with Gasteiger partial charge in [0.1, 0.15) is 11.6 Å². The van der Waals surface area contributed by atoms with Crippen LogP contribution in [0.15, 0.2) is 30.4 Å². The molecule has 0 radical (unpaired) electrons. The Morgan fingerprint density at radius 1 is 1.24 bits per heavy atom. The summed E-state index contributed by atoms with van der Waals surface area (Å²) < 4.78 is 11.6. The summed E-state index contributed by atoms with van der Waals surface area (Å²) in [4.78, 5) is 42.8. The van der Waals surface area contributed by atoms with Crippen LogP contribution in [0.5, 0.6) is 0 Å². The van der Waals surface area contributed by atoms with Crippen molar-refractivity contribution in [3.63, 3.8) is 0 Å². The number of hydrogen-bond donors (Lipinski definition) is 2. The van der Waals surface area contributed by atoms with Crippen molar-refractivity contribution >= 4 is 35.0 Å². The van der Waals surface area contributed by atoms with E-state index in [-0.39, 0.29) is 36.9 Å². The molecule has 9 heteroatoms. The molecule has 2 N–H and O–H groups in total. The molecule has 8 atom stereocenters. The lowest BCUT2D eigenvalue weighted by atomic mass is 9.73. The van der Waals surface area contributed by atoms with Gasteiger partial charge in [-0.3, -0.25) is 14.4 Å². The minimum atomic E-state index is -1.18. The number of benzene rings is 1. The minimum absolute atomic E-state index is 0.0408. The number of amides is 3. The van der Waals surface area contributed by atoms with E-state index in [1.165, 1.54) is 0 Å². The number of nitrogens with zero attached hydrogens (tertiary/aromatic N) is 1. The zero-order chi connectivity index (χ0) is 26.5. The maximum atomic E-state index is 13.9. The molecule has 0 unspecified atom stereocenters. The average Bonchev–Trinajstić information content (AvgIpc) is 3.50. The van der Waals surface area contributed by atoms with E-state index in [1.54, 1.807) is 24.1 Å². The van der Waals surface area contributed by atoms with Crippen LogP contribution in [0, 0.1) is 30.6 Å². The molecule has 2 saturated heterocycles. The van der Waals surface area contributed by atoms with E-state index in [4.69, 9.17) is 21.1 Å². The lowest BCUT2D eigenvalue weighted by Gasteiger charge is -2.38. The van der Waals surface area contributed by atoms with Gasteiger partial charge >= 0.3 is 0 Å². The number of fused-ring (bicyclic) bond motifs is 1. The topological polar surface area (TPSA) is 97.0 Å². The van der Waals surface area contributed by atoms with Crippen LogP contribution in [0.4, 0.5) is 5.69 Å². The maximum Gasteiger partial charge on any atom is 0.246 e. The molecule has 3 heterocycles. The summed E-state index contributed by atoms with van der Waals surface area (Å²) in [5.41, 5.74) is 0.272. The SMILES string of the molecule is COCCN1C(=O)[C@H]2[C@H](C(=O)Nc3ccc(C)c(Cl)c3)[C@H]3C=C[C@@]2(O3)[C@@H]1C(=O)N[C@@H]1CCC[C@H](C)[C@H]1C. The largest absolute Gasteiger partial charge is 0.383 e. The first-order chi connectivity index (χ1) is 17.7. The molecular weight excluding hydrogens is 494 g/mol. The van der Waals surface area contributed by atoms with Crippen molar-refractivity contribution in [1.29, 1.82) is 0 Å². The Labute approximate surface area is 223 Å². The molecule has 0 aromatic heterocycles. The molecule has 2 bridgehead atoms. The third-order valence-electron chi connectivity index (χ3n) is 8.94. The highest BCUT2D eigenvalue weighted by molar-refractivity contribution is 6.31. The van der Waals surface area contributed by atoms with E-state index >= 15 is 0 Å². The summed E-state index contributed by atoms with van der Waals surface area (Å²) in [5.74, 6) is -1.50. The number of rotatable bonds is 7. The molecule has 3 aliphatic heterocycles. The second kappa shape index (κ2) is 10.0. The number of likely N-dealkylation sites (tertiary alicyclic amines) is 1. The van der Waals surface area contributed by atoms with Gasteiger partial charge in [0.05, 0.1) is 24.5 Å². The molecule has 1 aliphatic carbocycles. The fourth-order valence-electron chi connectivity index (χ4n) is 6.64. The second-order valence-electron chi connectivity index (χ2n) is 11.1. The van der Waals surface area contributed by atoms with Gasteiger partial charge in [0.15, 0.2) is 0 Å². The summed E-state index contributed by atoms with van der Waals surface area (Å²) in [7, 11) is 1.56. The standard InChI is InChI=1S/C28H36ClN3O5/c1-15-6-5-7-20(17(15)3)31-26(34)24-28-11-10-21(37-28)22(23(28)27(35)32(24)12-13-36-4)25(33)30-18-9-8-16(2)19(29)14-18/h8-11,14-15,17,20-24H,5-7,12-13H2,1-4H3,(H,30,33)(H,31,34)/t15-,17+,20+,21+,22+,23+,24-,28-/m0/s1. The van der Waals surface area contributed by atoms with Crippen molar-refractivity contribution in [2.75, 3.05) is 25.6 Å². The third kappa shape index (κ3) is 4.37. The highest BCUT2D eigenvalue weighted by Crippen LogP contribution is 2.55. The molecule has 200 valence electrons. The van der Waals surface area contributed by atoms with Gasteiger partial charge in [-0.2, -0.15) is 0 Å². The van der Waals surface area contributed by atoms with Crippen LogP contribution in [0.2, 0.25) is 5.02 Å². The number of aryl methyl sites for hydroxylation is 1. The van der Waals surface area contributed by atoms with Crippen LogP contribution in [0.25, 0.3) is 0 Å². The Balaban J connectivity index is 1.42. The number of ether oxygens (including phenoxy) is 2. The molecule has 3 amide bonds.